The topological polar surface area (TPSA) is 44.8 Å². The standard InChI is InChI=1S/C17H25F2N3O2/c1-12(14-4-6-15(7-5-14)24-16(18)19)20-17(23)22(3)11-13-8-9-21(2)10-13/h4-7,12-13,16H,8-11H2,1-3H3,(H,20,23). The number of halogens is 2. The molecule has 0 aliphatic carbocycles. The minimum atomic E-state index is -2.84. The van der Waals surface area contributed by atoms with Crippen LogP contribution < -0.4 is 10.1 Å². The molecule has 1 aliphatic heterocycles. The number of hydrogen-bond donors (Lipinski definition) is 1. The van der Waals surface area contributed by atoms with E-state index in [2.05, 4.69) is 22.0 Å². The summed E-state index contributed by atoms with van der Waals surface area (Å²) in [4.78, 5) is 16.3. The minimum Gasteiger partial charge on any atom is -0.435 e. The summed E-state index contributed by atoms with van der Waals surface area (Å²) in [6.07, 6.45) is 1.11. The van der Waals surface area contributed by atoms with Crippen LogP contribution in [0.4, 0.5) is 13.6 Å². The summed E-state index contributed by atoms with van der Waals surface area (Å²) < 4.78 is 28.6. The van der Waals surface area contributed by atoms with Crippen LogP contribution in [0.15, 0.2) is 24.3 Å². The monoisotopic (exact) mass is 341 g/mol. The van der Waals surface area contributed by atoms with E-state index in [0.29, 0.717) is 5.92 Å². The first-order valence-corrected chi connectivity index (χ1v) is 8.10. The van der Waals surface area contributed by atoms with Crippen LogP contribution in [0.5, 0.6) is 5.75 Å². The Balaban J connectivity index is 1.84. The molecule has 1 aromatic carbocycles. The molecule has 1 N–H and O–H groups in total. The van der Waals surface area contributed by atoms with Gasteiger partial charge in [0.1, 0.15) is 5.75 Å². The third-order valence-corrected chi connectivity index (χ3v) is 4.31. The number of hydrogen-bond acceptors (Lipinski definition) is 3. The average Bonchev–Trinajstić information content (AvgIpc) is 2.92. The molecule has 2 amide bonds. The molecule has 2 rings (SSSR count). The van der Waals surface area contributed by atoms with E-state index in [1.165, 1.54) is 12.1 Å². The van der Waals surface area contributed by atoms with E-state index in [4.69, 9.17) is 0 Å². The lowest BCUT2D eigenvalue weighted by atomic mass is 10.1. The first kappa shape index (κ1) is 18.4. The molecule has 0 bridgehead atoms. The van der Waals surface area contributed by atoms with E-state index in [1.54, 1.807) is 24.1 Å². The second kappa shape index (κ2) is 8.28. The normalized spacial score (nSPS) is 19.3. The molecular weight excluding hydrogens is 316 g/mol. The SMILES string of the molecule is CC(NC(=O)N(C)CC1CCN(C)C1)c1ccc(OC(F)F)cc1. The summed E-state index contributed by atoms with van der Waals surface area (Å²) >= 11 is 0. The molecule has 2 unspecified atom stereocenters. The molecule has 2 atom stereocenters. The van der Waals surface area contributed by atoms with Gasteiger partial charge in [-0.1, -0.05) is 12.1 Å². The van der Waals surface area contributed by atoms with Crippen molar-refractivity contribution in [1.29, 1.82) is 0 Å². The summed E-state index contributed by atoms with van der Waals surface area (Å²) in [5, 5.41) is 2.93. The van der Waals surface area contributed by atoms with Crippen molar-refractivity contribution in [3.8, 4) is 5.75 Å². The summed E-state index contributed by atoms with van der Waals surface area (Å²) in [6, 6.07) is 5.95. The number of nitrogens with zero attached hydrogens (tertiary/aromatic N) is 2. The highest BCUT2D eigenvalue weighted by molar-refractivity contribution is 5.74. The van der Waals surface area contributed by atoms with E-state index in [1.807, 2.05) is 6.92 Å². The van der Waals surface area contributed by atoms with E-state index < -0.39 is 6.61 Å². The largest absolute Gasteiger partial charge is 0.435 e. The van der Waals surface area contributed by atoms with Crippen LogP contribution in [0.1, 0.15) is 24.9 Å². The molecule has 1 aromatic rings. The second-order valence-electron chi connectivity index (χ2n) is 6.42. The predicted octanol–water partition coefficient (Wildman–Crippen LogP) is 2.94. The molecule has 0 radical (unpaired) electrons. The molecule has 1 heterocycles. The van der Waals surface area contributed by atoms with Crippen LogP contribution in [0.3, 0.4) is 0 Å². The van der Waals surface area contributed by atoms with Gasteiger partial charge in [-0.25, -0.2) is 4.79 Å². The number of urea groups is 1. The minimum absolute atomic E-state index is 0.106. The first-order chi connectivity index (χ1) is 11.3. The van der Waals surface area contributed by atoms with Gasteiger partial charge in [-0.3, -0.25) is 0 Å². The summed E-state index contributed by atoms with van der Waals surface area (Å²) in [5.74, 6) is 0.613. The molecule has 7 heteroatoms. The molecule has 134 valence electrons. The van der Waals surface area contributed by atoms with Gasteiger partial charge < -0.3 is 19.9 Å². The van der Waals surface area contributed by atoms with Crippen molar-refractivity contribution < 1.29 is 18.3 Å². The summed E-state index contributed by atoms with van der Waals surface area (Å²) in [6.45, 7) is 1.83. The lowest BCUT2D eigenvalue weighted by Crippen LogP contribution is -2.41. The highest BCUT2D eigenvalue weighted by atomic mass is 19.3. The molecule has 0 saturated carbocycles. The Morgan fingerprint density at radius 2 is 2.08 bits per heavy atom. The molecule has 1 saturated heterocycles. The Hall–Kier alpha value is -1.89. The van der Waals surface area contributed by atoms with E-state index in [0.717, 1.165) is 31.6 Å². The maximum atomic E-state index is 12.3. The number of amides is 2. The van der Waals surface area contributed by atoms with Crippen molar-refractivity contribution in [3.63, 3.8) is 0 Å². The van der Waals surface area contributed by atoms with Gasteiger partial charge in [0.15, 0.2) is 0 Å². The van der Waals surface area contributed by atoms with Gasteiger partial charge in [0, 0.05) is 20.1 Å². The Kier molecular flexibility index (Phi) is 6.36. The number of likely N-dealkylation sites (tertiary alicyclic amines) is 1. The Morgan fingerprint density at radius 1 is 1.42 bits per heavy atom. The van der Waals surface area contributed by atoms with Crippen molar-refractivity contribution in [2.75, 3.05) is 33.7 Å². The van der Waals surface area contributed by atoms with Gasteiger partial charge in [0.05, 0.1) is 6.04 Å². The number of ether oxygens (including phenoxy) is 1. The van der Waals surface area contributed by atoms with E-state index in [-0.39, 0.29) is 17.8 Å². The van der Waals surface area contributed by atoms with Crippen LogP contribution in [0.2, 0.25) is 0 Å². The molecule has 0 aromatic heterocycles. The van der Waals surface area contributed by atoms with Crippen molar-refractivity contribution in [2.45, 2.75) is 26.0 Å². The van der Waals surface area contributed by atoms with Gasteiger partial charge in [0.25, 0.3) is 0 Å². The zero-order valence-electron chi connectivity index (χ0n) is 14.3. The number of benzene rings is 1. The third kappa shape index (κ3) is 5.33. The van der Waals surface area contributed by atoms with Gasteiger partial charge in [-0.2, -0.15) is 8.78 Å². The number of rotatable bonds is 6. The van der Waals surface area contributed by atoms with E-state index >= 15 is 0 Å². The smallest absolute Gasteiger partial charge is 0.387 e. The van der Waals surface area contributed by atoms with Crippen LogP contribution in [-0.2, 0) is 0 Å². The van der Waals surface area contributed by atoms with Crippen molar-refractivity contribution in [1.82, 2.24) is 15.1 Å². The van der Waals surface area contributed by atoms with Crippen molar-refractivity contribution in [2.24, 2.45) is 5.92 Å². The lowest BCUT2D eigenvalue weighted by Gasteiger charge is -2.24. The second-order valence-corrected chi connectivity index (χ2v) is 6.42. The summed E-state index contributed by atoms with van der Waals surface area (Å²) in [5.41, 5.74) is 0.832. The zero-order chi connectivity index (χ0) is 17.7. The van der Waals surface area contributed by atoms with Gasteiger partial charge >= 0.3 is 12.6 Å². The van der Waals surface area contributed by atoms with Gasteiger partial charge in [0.2, 0.25) is 0 Å². The highest BCUT2D eigenvalue weighted by Crippen LogP contribution is 2.20. The zero-order valence-corrected chi connectivity index (χ0v) is 14.3. The maximum absolute atomic E-state index is 12.3. The maximum Gasteiger partial charge on any atom is 0.387 e. The van der Waals surface area contributed by atoms with Crippen molar-refractivity contribution in [3.05, 3.63) is 29.8 Å². The van der Waals surface area contributed by atoms with Crippen LogP contribution in [-0.4, -0.2) is 56.2 Å². The quantitative estimate of drug-likeness (QED) is 0.865. The molecule has 24 heavy (non-hydrogen) atoms. The fourth-order valence-corrected chi connectivity index (χ4v) is 2.96. The molecule has 1 fully saturated rings. The fourth-order valence-electron chi connectivity index (χ4n) is 2.96. The third-order valence-electron chi connectivity index (χ3n) is 4.31. The first-order valence-electron chi connectivity index (χ1n) is 8.10. The lowest BCUT2D eigenvalue weighted by molar-refractivity contribution is -0.0498. The number of carbonyl (C=O) groups is 1. The number of alkyl halides is 2. The molecule has 5 nitrogen and oxygen atoms in total. The average molecular weight is 341 g/mol. The Labute approximate surface area is 141 Å². The van der Waals surface area contributed by atoms with Crippen molar-refractivity contribution >= 4 is 6.03 Å². The van der Waals surface area contributed by atoms with E-state index in [9.17, 15) is 13.6 Å². The molecule has 1 aliphatic rings. The number of carbonyl (C=O) groups excluding carboxylic acids is 1. The van der Waals surface area contributed by atoms with Crippen LogP contribution in [0.25, 0.3) is 0 Å². The van der Waals surface area contributed by atoms with Crippen LogP contribution >= 0.6 is 0 Å². The Morgan fingerprint density at radius 3 is 2.62 bits per heavy atom. The van der Waals surface area contributed by atoms with Gasteiger partial charge in [-0.15, -0.1) is 0 Å². The number of nitrogens with one attached hydrogen (secondary N) is 1. The predicted molar refractivity (Wildman–Crippen MR) is 88.3 cm³/mol. The molecular formula is C17H25F2N3O2. The summed E-state index contributed by atoms with van der Waals surface area (Å²) in [7, 11) is 3.88. The highest BCUT2D eigenvalue weighted by Gasteiger charge is 2.23. The van der Waals surface area contributed by atoms with Crippen LogP contribution in [0, 0.1) is 5.92 Å². The Bertz CT molecular complexity index is 539. The fraction of sp³-hybridized carbons (Fsp3) is 0.588. The molecule has 0 spiro atoms. The van der Waals surface area contributed by atoms with Gasteiger partial charge in [-0.05, 0) is 50.6 Å².